The average molecular weight is 306 g/mol. The first-order chi connectivity index (χ1) is 10.0. The van der Waals surface area contributed by atoms with Gasteiger partial charge in [0.1, 0.15) is 5.82 Å². The first-order valence-electron chi connectivity index (χ1n) is 6.71. The number of rotatable bonds is 6. The molecule has 0 aliphatic rings. The van der Waals surface area contributed by atoms with Gasteiger partial charge in [-0.1, -0.05) is 31.7 Å². The highest BCUT2D eigenvalue weighted by atomic mass is 32.2. The molecule has 2 aromatic rings. The Morgan fingerprint density at radius 1 is 1.33 bits per heavy atom. The van der Waals surface area contributed by atoms with Crippen molar-refractivity contribution in [2.24, 2.45) is 0 Å². The van der Waals surface area contributed by atoms with Gasteiger partial charge in [-0.2, -0.15) is 0 Å². The largest absolute Gasteiger partial charge is 0.481 e. The third-order valence-electron chi connectivity index (χ3n) is 3.04. The fourth-order valence-electron chi connectivity index (χ4n) is 2.03. The van der Waals surface area contributed by atoms with Crippen molar-refractivity contribution in [1.29, 1.82) is 0 Å². The Bertz CT molecular complexity index is 613. The van der Waals surface area contributed by atoms with Crippen molar-refractivity contribution < 1.29 is 9.90 Å². The first kappa shape index (κ1) is 15.5. The number of carboxylic acids is 1. The molecule has 1 N–H and O–H groups in total. The molecule has 2 aromatic heterocycles. The van der Waals surface area contributed by atoms with Crippen molar-refractivity contribution in [3.8, 4) is 0 Å². The van der Waals surface area contributed by atoms with Crippen LogP contribution in [0.2, 0.25) is 0 Å². The predicted molar refractivity (Wildman–Crippen MR) is 80.5 cm³/mol. The van der Waals surface area contributed by atoms with E-state index in [1.165, 1.54) is 11.8 Å². The SMILES string of the molecule is CC(C)c1nnc(SCC(=O)O)n1C(C)c1ccccn1. The summed E-state index contributed by atoms with van der Waals surface area (Å²) in [5.41, 5.74) is 0.899. The molecule has 6 nitrogen and oxygen atoms in total. The van der Waals surface area contributed by atoms with Crippen LogP contribution in [0, 0.1) is 0 Å². The van der Waals surface area contributed by atoms with E-state index in [1.54, 1.807) is 6.20 Å². The standard InChI is InChI=1S/C14H18N4O2S/c1-9(2)13-16-17-14(21-8-12(19)20)18(13)10(3)11-6-4-5-7-15-11/h4-7,9-10H,8H2,1-3H3,(H,19,20). The van der Waals surface area contributed by atoms with Gasteiger partial charge in [0, 0.05) is 12.1 Å². The van der Waals surface area contributed by atoms with E-state index in [0.717, 1.165) is 11.5 Å². The number of aliphatic carboxylic acids is 1. The lowest BCUT2D eigenvalue weighted by atomic mass is 10.1. The molecule has 0 aliphatic heterocycles. The second-order valence-electron chi connectivity index (χ2n) is 4.98. The minimum absolute atomic E-state index is 0.0365. The molecule has 0 saturated carbocycles. The Hall–Kier alpha value is -1.89. The normalized spacial score (nSPS) is 12.6. The predicted octanol–water partition coefficient (Wildman–Crippen LogP) is 2.58. The minimum Gasteiger partial charge on any atom is -0.481 e. The molecule has 7 heteroatoms. The van der Waals surface area contributed by atoms with Crippen LogP contribution in [0.3, 0.4) is 0 Å². The van der Waals surface area contributed by atoms with Crippen molar-refractivity contribution in [2.45, 2.75) is 37.9 Å². The summed E-state index contributed by atoms with van der Waals surface area (Å²) in [6, 6.07) is 5.70. The van der Waals surface area contributed by atoms with Gasteiger partial charge in [0.05, 0.1) is 17.5 Å². The Morgan fingerprint density at radius 3 is 2.67 bits per heavy atom. The molecule has 0 aromatic carbocycles. The van der Waals surface area contributed by atoms with Crippen LogP contribution in [0.25, 0.3) is 0 Å². The summed E-state index contributed by atoms with van der Waals surface area (Å²) < 4.78 is 1.97. The summed E-state index contributed by atoms with van der Waals surface area (Å²) >= 11 is 1.18. The van der Waals surface area contributed by atoms with E-state index in [4.69, 9.17) is 5.11 Å². The third-order valence-corrected chi connectivity index (χ3v) is 3.96. The second kappa shape index (κ2) is 6.71. The van der Waals surface area contributed by atoms with E-state index in [9.17, 15) is 4.79 Å². The van der Waals surface area contributed by atoms with Crippen LogP contribution in [0.4, 0.5) is 0 Å². The minimum atomic E-state index is -0.869. The maximum absolute atomic E-state index is 10.8. The quantitative estimate of drug-likeness (QED) is 0.826. The Balaban J connectivity index is 2.38. The molecule has 0 aliphatic carbocycles. The number of carboxylic acid groups (broad SMARTS) is 1. The summed E-state index contributed by atoms with van der Waals surface area (Å²) in [5, 5.41) is 17.8. The van der Waals surface area contributed by atoms with Gasteiger partial charge in [0.2, 0.25) is 0 Å². The summed E-state index contributed by atoms with van der Waals surface area (Å²) in [7, 11) is 0. The number of aromatic nitrogens is 4. The van der Waals surface area contributed by atoms with Gasteiger partial charge in [0.15, 0.2) is 5.16 Å². The Labute approximate surface area is 127 Å². The highest BCUT2D eigenvalue weighted by Gasteiger charge is 2.22. The summed E-state index contributed by atoms with van der Waals surface area (Å²) in [6.45, 7) is 6.09. The molecule has 0 radical (unpaired) electrons. The van der Waals surface area contributed by atoms with Gasteiger partial charge in [-0.05, 0) is 19.1 Å². The summed E-state index contributed by atoms with van der Waals surface area (Å²) in [4.78, 5) is 15.1. The molecule has 0 saturated heterocycles. The summed E-state index contributed by atoms with van der Waals surface area (Å²) in [5.74, 6) is 0.126. The molecule has 0 amide bonds. The zero-order valence-electron chi connectivity index (χ0n) is 12.2. The van der Waals surface area contributed by atoms with Gasteiger partial charge in [-0.3, -0.25) is 14.3 Å². The molecule has 2 rings (SSSR count). The number of hydrogen-bond donors (Lipinski definition) is 1. The molecule has 0 spiro atoms. The number of hydrogen-bond acceptors (Lipinski definition) is 5. The van der Waals surface area contributed by atoms with E-state index < -0.39 is 5.97 Å². The smallest absolute Gasteiger partial charge is 0.313 e. The number of thioether (sulfide) groups is 1. The van der Waals surface area contributed by atoms with Crippen molar-refractivity contribution in [3.05, 3.63) is 35.9 Å². The monoisotopic (exact) mass is 306 g/mol. The zero-order valence-corrected chi connectivity index (χ0v) is 13.0. The number of carbonyl (C=O) groups is 1. The molecule has 21 heavy (non-hydrogen) atoms. The molecule has 2 heterocycles. The molecule has 0 fully saturated rings. The molecular weight excluding hydrogens is 288 g/mol. The van der Waals surface area contributed by atoms with Crippen LogP contribution in [0.1, 0.15) is 44.2 Å². The average Bonchev–Trinajstić information content (AvgIpc) is 2.89. The summed E-state index contributed by atoms with van der Waals surface area (Å²) in [6.07, 6.45) is 1.75. The van der Waals surface area contributed by atoms with Gasteiger partial charge in [-0.25, -0.2) is 0 Å². The molecular formula is C14H18N4O2S. The van der Waals surface area contributed by atoms with Crippen LogP contribution in [-0.2, 0) is 4.79 Å². The van der Waals surface area contributed by atoms with E-state index in [2.05, 4.69) is 15.2 Å². The topological polar surface area (TPSA) is 80.9 Å². The fraction of sp³-hybridized carbons (Fsp3) is 0.429. The van der Waals surface area contributed by atoms with E-state index in [0.29, 0.717) is 5.16 Å². The molecule has 1 unspecified atom stereocenters. The Kier molecular flexibility index (Phi) is 4.95. The maximum atomic E-state index is 10.8. The lowest BCUT2D eigenvalue weighted by molar-refractivity contribution is -0.133. The second-order valence-corrected chi connectivity index (χ2v) is 5.92. The van der Waals surface area contributed by atoms with Crippen LogP contribution in [0.15, 0.2) is 29.6 Å². The lowest BCUT2D eigenvalue weighted by Gasteiger charge is -2.18. The third kappa shape index (κ3) is 3.60. The van der Waals surface area contributed by atoms with Crippen molar-refractivity contribution >= 4 is 17.7 Å². The maximum Gasteiger partial charge on any atom is 0.313 e. The van der Waals surface area contributed by atoms with Crippen LogP contribution in [0.5, 0.6) is 0 Å². The number of pyridine rings is 1. The fourth-order valence-corrected chi connectivity index (χ4v) is 2.77. The van der Waals surface area contributed by atoms with Crippen LogP contribution in [-0.4, -0.2) is 36.6 Å². The van der Waals surface area contributed by atoms with E-state index >= 15 is 0 Å². The van der Waals surface area contributed by atoms with Gasteiger partial charge in [0.25, 0.3) is 0 Å². The number of nitrogens with zero attached hydrogens (tertiary/aromatic N) is 4. The lowest BCUT2D eigenvalue weighted by Crippen LogP contribution is -2.14. The molecule has 1 atom stereocenters. The van der Waals surface area contributed by atoms with Gasteiger partial charge >= 0.3 is 5.97 Å². The zero-order chi connectivity index (χ0) is 15.4. The molecule has 112 valence electrons. The van der Waals surface area contributed by atoms with Crippen LogP contribution < -0.4 is 0 Å². The van der Waals surface area contributed by atoms with Crippen molar-refractivity contribution in [2.75, 3.05) is 5.75 Å². The molecule has 0 bridgehead atoms. The Morgan fingerprint density at radius 2 is 2.10 bits per heavy atom. The highest BCUT2D eigenvalue weighted by Crippen LogP contribution is 2.28. The van der Waals surface area contributed by atoms with Crippen molar-refractivity contribution in [3.63, 3.8) is 0 Å². The first-order valence-corrected chi connectivity index (χ1v) is 7.69. The van der Waals surface area contributed by atoms with Crippen LogP contribution >= 0.6 is 11.8 Å². The van der Waals surface area contributed by atoms with Gasteiger partial charge in [-0.15, -0.1) is 10.2 Å². The van der Waals surface area contributed by atoms with E-state index in [-0.39, 0.29) is 17.7 Å². The van der Waals surface area contributed by atoms with Crippen molar-refractivity contribution in [1.82, 2.24) is 19.7 Å². The van der Waals surface area contributed by atoms with E-state index in [1.807, 2.05) is 43.5 Å². The van der Waals surface area contributed by atoms with Gasteiger partial charge < -0.3 is 5.11 Å². The highest BCUT2D eigenvalue weighted by molar-refractivity contribution is 7.99.